The average molecular weight is 477 g/mol. The van der Waals surface area contributed by atoms with Crippen LogP contribution in [0, 0.1) is 23.2 Å². The summed E-state index contributed by atoms with van der Waals surface area (Å²) in [6, 6.07) is 11.3. The molecular formula is C25H28N6O2S. The molecule has 1 saturated carbocycles. The number of carbonyl (C=O) groups is 2. The van der Waals surface area contributed by atoms with Gasteiger partial charge in [0.1, 0.15) is 5.54 Å². The van der Waals surface area contributed by atoms with Crippen molar-refractivity contribution < 1.29 is 9.59 Å². The summed E-state index contributed by atoms with van der Waals surface area (Å²) in [6.45, 7) is 0.687. The molecule has 0 spiro atoms. The fraction of sp³-hybridized carbons (Fsp3) is 0.440. The van der Waals surface area contributed by atoms with Crippen LogP contribution in [0.4, 0.5) is 5.69 Å². The number of guanidine groups is 1. The number of amides is 2. The molecule has 4 N–H and O–H groups in total. The van der Waals surface area contributed by atoms with Crippen LogP contribution in [-0.4, -0.2) is 47.7 Å². The molecule has 3 heterocycles. The number of nitriles is 1. The van der Waals surface area contributed by atoms with Crippen molar-refractivity contribution in [2.24, 2.45) is 22.6 Å². The zero-order chi connectivity index (χ0) is 24.0. The molecule has 0 bridgehead atoms. The van der Waals surface area contributed by atoms with Gasteiger partial charge in [-0.3, -0.25) is 14.5 Å². The maximum Gasteiger partial charge on any atom is 0.236 e. The average Bonchev–Trinajstić information content (AvgIpc) is 3.49. The lowest BCUT2D eigenvalue weighted by Gasteiger charge is -2.36. The highest BCUT2D eigenvalue weighted by Crippen LogP contribution is 2.48. The Bertz CT molecular complexity index is 1220. The lowest BCUT2D eigenvalue weighted by Crippen LogP contribution is -2.54. The topological polar surface area (TPSA) is 129 Å². The molecule has 9 heteroatoms. The normalized spacial score (nSPS) is 25.1. The summed E-state index contributed by atoms with van der Waals surface area (Å²) in [5.41, 5.74) is 13.1. The van der Waals surface area contributed by atoms with Gasteiger partial charge in [0.25, 0.3) is 0 Å². The molecule has 1 aromatic heterocycles. The third-order valence-corrected chi connectivity index (χ3v) is 8.67. The predicted octanol–water partition coefficient (Wildman–Crippen LogP) is 2.89. The number of nitrogen functional groups attached to an aromatic ring is 1. The highest BCUT2D eigenvalue weighted by atomic mass is 32.1. The third kappa shape index (κ3) is 3.62. The largest absolute Gasteiger partial charge is 0.399 e. The second-order valence-electron chi connectivity index (χ2n) is 9.52. The maximum absolute atomic E-state index is 13.4. The van der Waals surface area contributed by atoms with Gasteiger partial charge in [-0.2, -0.15) is 5.26 Å². The van der Waals surface area contributed by atoms with Crippen LogP contribution >= 0.6 is 11.3 Å². The molecule has 2 fully saturated rings. The van der Waals surface area contributed by atoms with Gasteiger partial charge in [-0.05, 0) is 48.7 Å². The van der Waals surface area contributed by atoms with Gasteiger partial charge in [-0.25, -0.2) is 4.99 Å². The summed E-state index contributed by atoms with van der Waals surface area (Å²) in [4.78, 5) is 36.6. The van der Waals surface area contributed by atoms with Gasteiger partial charge in [0.05, 0.1) is 24.1 Å². The van der Waals surface area contributed by atoms with E-state index in [9.17, 15) is 14.9 Å². The number of aliphatic imine (C=N–C) groups is 1. The first kappa shape index (κ1) is 22.4. The lowest BCUT2D eigenvalue weighted by molar-refractivity contribution is -0.136. The Balaban J connectivity index is 1.54. The summed E-state index contributed by atoms with van der Waals surface area (Å²) < 4.78 is 0. The number of anilines is 1. The van der Waals surface area contributed by atoms with Crippen molar-refractivity contribution in [3.05, 3.63) is 40.8 Å². The van der Waals surface area contributed by atoms with Crippen LogP contribution in [0.5, 0.6) is 0 Å². The molecule has 3 aliphatic rings. The first-order valence-corrected chi connectivity index (χ1v) is 12.5. The molecule has 5 rings (SSSR count). The van der Waals surface area contributed by atoms with E-state index in [1.807, 2.05) is 23.1 Å². The molecule has 1 saturated heterocycles. The fourth-order valence-corrected chi connectivity index (χ4v) is 6.70. The molecule has 0 unspecified atom stereocenters. The number of thiophene rings is 1. The molecule has 2 aliphatic heterocycles. The van der Waals surface area contributed by atoms with Gasteiger partial charge in [0.15, 0.2) is 5.96 Å². The number of likely N-dealkylation sites (tertiary alicyclic amines) is 1. The van der Waals surface area contributed by atoms with E-state index in [1.165, 1.54) is 22.7 Å². The van der Waals surface area contributed by atoms with Crippen molar-refractivity contribution in [2.45, 2.75) is 37.6 Å². The van der Waals surface area contributed by atoms with Crippen LogP contribution in [0.25, 0.3) is 10.4 Å². The van der Waals surface area contributed by atoms with Gasteiger partial charge in [-0.1, -0.05) is 19.3 Å². The van der Waals surface area contributed by atoms with Crippen LogP contribution in [0.2, 0.25) is 0 Å². The summed E-state index contributed by atoms with van der Waals surface area (Å²) >= 11 is 1.51. The second-order valence-corrected chi connectivity index (χ2v) is 10.6. The summed E-state index contributed by atoms with van der Waals surface area (Å²) in [5, 5.41) is 9.32. The molecule has 2 atom stereocenters. The Morgan fingerprint density at radius 2 is 1.97 bits per heavy atom. The second kappa shape index (κ2) is 8.44. The Morgan fingerprint density at radius 3 is 2.71 bits per heavy atom. The van der Waals surface area contributed by atoms with E-state index in [0.29, 0.717) is 24.3 Å². The number of nitrogens with zero attached hydrogens (tertiary/aromatic N) is 4. The number of rotatable bonds is 3. The Labute approximate surface area is 202 Å². The number of hydrogen-bond donors (Lipinski definition) is 2. The first-order valence-electron chi connectivity index (χ1n) is 11.7. The predicted molar refractivity (Wildman–Crippen MR) is 132 cm³/mol. The van der Waals surface area contributed by atoms with Gasteiger partial charge in [0, 0.05) is 35.0 Å². The van der Waals surface area contributed by atoms with Crippen LogP contribution in [-0.2, 0) is 15.1 Å². The fourth-order valence-electron chi connectivity index (χ4n) is 5.52. The smallest absolute Gasteiger partial charge is 0.236 e. The first-order chi connectivity index (χ1) is 16.3. The quantitative estimate of drug-likeness (QED) is 0.658. The standard InChI is InChI=1S/C25H28N6O2S/c1-30-23(33)19-13-31(22(32)16-5-3-2-4-6-16)14-25(19,29-24(30)28)21-8-7-20(34-21)17-9-15(12-26)10-18(27)11-17/h7-11,16,19H,2-6,13-14,27H2,1H3,(H2,28,29)/t19-,25-/m0/s1. The Kier molecular flexibility index (Phi) is 5.56. The number of fused-ring (bicyclic) bond motifs is 1. The monoisotopic (exact) mass is 476 g/mol. The van der Waals surface area contributed by atoms with Gasteiger partial charge in [0.2, 0.25) is 11.8 Å². The maximum atomic E-state index is 13.4. The number of carbonyl (C=O) groups excluding carboxylic acids is 2. The van der Waals surface area contributed by atoms with Crippen LogP contribution < -0.4 is 11.5 Å². The zero-order valence-electron chi connectivity index (χ0n) is 19.2. The highest BCUT2D eigenvalue weighted by Gasteiger charge is 2.57. The van der Waals surface area contributed by atoms with E-state index in [2.05, 4.69) is 6.07 Å². The summed E-state index contributed by atoms with van der Waals surface area (Å²) in [6.07, 6.45) is 5.14. The lowest BCUT2D eigenvalue weighted by atomic mass is 9.84. The number of hydrogen-bond acceptors (Lipinski definition) is 7. The van der Waals surface area contributed by atoms with E-state index in [1.54, 1.807) is 19.2 Å². The highest BCUT2D eigenvalue weighted by molar-refractivity contribution is 7.15. The zero-order valence-corrected chi connectivity index (χ0v) is 20.0. The van der Waals surface area contributed by atoms with Gasteiger partial charge >= 0.3 is 0 Å². The minimum atomic E-state index is -0.903. The van der Waals surface area contributed by atoms with E-state index in [4.69, 9.17) is 16.5 Å². The molecule has 1 aliphatic carbocycles. The minimum absolute atomic E-state index is 0.0238. The van der Waals surface area contributed by atoms with Gasteiger partial charge in [-0.15, -0.1) is 11.3 Å². The molecule has 34 heavy (non-hydrogen) atoms. The molecule has 8 nitrogen and oxygen atoms in total. The summed E-state index contributed by atoms with van der Waals surface area (Å²) in [7, 11) is 1.63. The minimum Gasteiger partial charge on any atom is -0.399 e. The van der Waals surface area contributed by atoms with E-state index in [-0.39, 0.29) is 23.7 Å². The van der Waals surface area contributed by atoms with Crippen molar-refractivity contribution in [1.82, 2.24) is 9.80 Å². The number of benzene rings is 1. The van der Waals surface area contributed by atoms with Crippen molar-refractivity contribution in [3.8, 4) is 16.5 Å². The molecule has 1 aromatic carbocycles. The van der Waals surface area contributed by atoms with Crippen LogP contribution in [0.1, 0.15) is 42.5 Å². The Morgan fingerprint density at radius 1 is 1.21 bits per heavy atom. The van der Waals surface area contributed by atoms with E-state index in [0.717, 1.165) is 41.0 Å². The molecule has 2 amide bonds. The van der Waals surface area contributed by atoms with Crippen LogP contribution in [0.3, 0.4) is 0 Å². The third-order valence-electron chi connectivity index (χ3n) is 7.37. The molecule has 176 valence electrons. The Hall–Kier alpha value is -3.38. The van der Waals surface area contributed by atoms with Gasteiger partial charge < -0.3 is 16.4 Å². The van der Waals surface area contributed by atoms with Crippen LogP contribution in [0.15, 0.2) is 35.3 Å². The van der Waals surface area contributed by atoms with Crippen molar-refractivity contribution >= 4 is 34.8 Å². The van der Waals surface area contributed by atoms with Crippen molar-refractivity contribution in [2.75, 3.05) is 25.9 Å². The van der Waals surface area contributed by atoms with Crippen molar-refractivity contribution in [1.29, 1.82) is 5.26 Å². The van der Waals surface area contributed by atoms with E-state index >= 15 is 0 Å². The van der Waals surface area contributed by atoms with E-state index < -0.39 is 11.5 Å². The van der Waals surface area contributed by atoms with Crippen molar-refractivity contribution in [3.63, 3.8) is 0 Å². The molecular weight excluding hydrogens is 448 g/mol. The SMILES string of the molecule is CN1C(=O)[C@@H]2CN(C(=O)C3CCCCC3)C[C@]2(c2ccc(-c3cc(N)cc(C#N)c3)s2)N=C1N. The molecule has 2 aromatic rings. The molecule has 0 radical (unpaired) electrons. The number of nitrogens with two attached hydrogens (primary N) is 2. The summed E-state index contributed by atoms with van der Waals surface area (Å²) in [5.74, 6) is -0.282.